The molecule has 0 bridgehead atoms. The van der Waals surface area contributed by atoms with Gasteiger partial charge in [0.15, 0.2) is 12.6 Å². The third-order valence-electron chi connectivity index (χ3n) is 4.21. The molecular weight excluding hydrogens is 312 g/mol. The Morgan fingerprint density at radius 3 is 1.79 bits per heavy atom. The maximum absolute atomic E-state index is 5.91. The minimum Gasteiger partial charge on any atom is -0.377 e. The third kappa shape index (κ3) is 11.3. The highest BCUT2D eigenvalue weighted by Gasteiger charge is 2.20. The van der Waals surface area contributed by atoms with Gasteiger partial charge in [0.2, 0.25) is 0 Å². The predicted octanol–water partition coefficient (Wildman–Crippen LogP) is 2.99. The first-order valence-electron chi connectivity index (χ1n) is 9.18. The van der Waals surface area contributed by atoms with E-state index in [1.54, 1.807) is 7.11 Å². The van der Waals surface area contributed by atoms with Crippen molar-refractivity contribution < 1.29 is 28.4 Å². The fourth-order valence-corrected chi connectivity index (χ4v) is 2.61. The molecule has 0 N–H and O–H groups in total. The zero-order valence-corrected chi connectivity index (χ0v) is 15.8. The van der Waals surface area contributed by atoms with E-state index in [4.69, 9.17) is 28.4 Å². The first-order chi connectivity index (χ1) is 11.6. The lowest BCUT2D eigenvalue weighted by Gasteiger charge is -2.28. The summed E-state index contributed by atoms with van der Waals surface area (Å²) in [4.78, 5) is 0. The summed E-state index contributed by atoms with van der Waals surface area (Å²) in [7, 11) is 1.61. The van der Waals surface area contributed by atoms with E-state index in [1.807, 2.05) is 13.8 Å². The molecule has 0 amide bonds. The van der Waals surface area contributed by atoms with Crippen LogP contribution in [0.4, 0.5) is 0 Å². The fourth-order valence-electron chi connectivity index (χ4n) is 2.61. The van der Waals surface area contributed by atoms with E-state index in [0.717, 1.165) is 18.8 Å². The average molecular weight is 348 g/mol. The summed E-state index contributed by atoms with van der Waals surface area (Å²) < 4.78 is 32.7. The molecule has 0 spiro atoms. The van der Waals surface area contributed by atoms with E-state index in [1.165, 1.54) is 12.8 Å². The van der Waals surface area contributed by atoms with Crippen molar-refractivity contribution >= 4 is 0 Å². The number of methoxy groups -OCH3 is 1. The highest BCUT2D eigenvalue weighted by Crippen LogP contribution is 2.26. The van der Waals surface area contributed by atoms with Gasteiger partial charge in [-0.05, 0) is 45.4 Å². The summed E-state index contributed by atoms with van der Waals surface area (Å²) in [6, 6.07) is 0. The predicted molar refractivity (Wildman–Crippen MR) is 92.0 cm³/mol. The van der Waals surface area contributed by atoms with Crippen molar-refractivity contribution in [1.82, 2.24) is 0 Å². The second-order valence-corrected chi connectivity index (χ2v) is 6.36. The lowest BCUT2D eigenvalue weighted by atomic mass is 9.89. The van der Waals surface area contributed by atoms with Crippen LogP contribution < -0.4 is 0 Å². The minimum atomic E-state index is -0.191. The maximum atomic E-state index is 5.91. The maximum Gasteiger partial charge on any atom is 0.155 e. The van der Waals surface area contributed by atoms with Crippen LogP contribution in [0.2, 0.25) is 0 Å². The van der Waals surface area contributed by atoms with Crippen molar-refractivity contribution in [2.24, 2.45) is 5.92 Å². The number of rotatable bonds is 14. The molecule has 0 aromatic rings. The van der Waals surface area contributed by atoms with Crippen LogP contribution in [0.1, 0.15) is 46.5 Å². The Morgan fingerprint density at radius 2 is 1.25 bits per heavy atom. The second-order valence-electron chi connectivity index (χ2n) is 6.36. The number of hydrogen-bond acceptors (Lipinski definition) is 6. The van der Waals surface area contributed by atoms with Gasteiger partial charge >= 0.3 is 0 Å². The SMILES string of the molecule is COC(C)OCCOCCOCCOC(C)OC1CCC(C)CC1. The van der Waals surface area contributed by atoms with Crippen LogP contribution in [0.3, 0.4) is 0 Å². The molecule has 24 heavy (non-hydrogen) atoms. The van der Waals surface area contributed by atoms with Crippen molar-refractivity contribution in [2.75, 3.05) is 46.8 Å². The Kier molecular flexibility index (Phi) is 12.7. The Morgan fingerprint density at radius 1 is 0.750 bits per heavy atom. The number of ether oxygens (including phenoxy) is 6. The Balaban J connectivity index is 1.82. The zero-order valence-electron chi connectivity index (χ0n) is 15.8. The summed E-state index contributed by atoms with van der Waals surface area (Å²) in [6.07, 6.45) is 4.82. The summed E-state index contributed by atoms with van der Waals surface area (Å²) in [5, 5.41) is 0. The second kappa shape index (κ2) is 14.0. The zero-order chi connectivity index (χ0) is 17.6. The molecule has 144 valence electrons. The first kappa shape index (κ1) is 21.8. The van der Waals surface area contributed by atoms with Gasteiger partial charge < -0.3 is 28.4 Å². The lowest BCUT2D eigenvalue weighted by Crippen LogP contribution is -2.27. The summed E-state index contributed by atoms with van der Waals surface area (Å²) in [5.74, 6) is 0.839. The molecule has 0 heterocycles. The molecule has 0 radical (unpaired) electrons. The smallest absolute Gasteiger partial charge is 0.155 e. The molecule has 0 aromatic carbocycles. The van der Waals surface area contributed by atoms with Gasteiger partial charge in [-0.25, -0.2) is 0 Å². The molecule has 1 aliphatic rings. The van der Waals surface area contributed by atoms with Crippen molar-refractivity contribution in [3.8, 4) is 0 Å². The van der Waals surface area contributed by atoms with Gasteiger partial charge in [0.25, 0.3) is 0 Å². The van der Waals surface area contributed by atoms with E-state index < -0.39 is 0 Å². The van der Waals surface area contributed by atoms with Gasteiger partial charge in [0.05, 0.1) is 45.7 Å². The summed E-state index contributed by atoms with van der Waals surface area (Å²) in [6.45, 7) is 9.38. The van der Waals surface area contributed by atoms with Crippen molar-refractivity contribution in [1.29, 1.82) is 0 Å². The molecular formula is C18H36O6. The van der Waals surface area contributed by atoms with Crippen molar-refractivity contribution in [3.63, 3.8) is 0 Å². The van der Waals surface area contributed by atoms with Crippen LogP contribution in [0.25, 0.3) is 0 Å². The van der Waals surface area contributed by atoms with Gasteiger partial charge in [-0.1, -0.05) is 6.92 Å². The van der Waals surface area contributed by atoms with Gasteiger partial charge in [0, 0.05) is 7.11 Å². The van der Waals surface area contributed by atoms with Crippen molar-refractivity contribution in [3.05, 3.63) is 0 Å². The number of hydrogen-bond donors (Lipinski definition) is 0. The van der Waals surface area contributed by atoms with E-state index in [0.29, 0.717) is 45.7 Å². The van der Waals surface area contributed by atoms with E-state index >= 15 is 0 Å². The van der Waals surface area contributed by atoms with Gasteiger partial charge in [0.1, 0.15) is 0 Å². The molecule has 1 aliphatic carbocycles. The van der Waals surface area contributed by atoms with E-state index in [9.17, 15) is 0 Å². The minimum absolute atomic E-state index is 0.164. The molecule has 1 saturated carbocycles. The van der Waals surface area contributed by atoms with Crippen LogP contribution in [-0.4, -0.2) is 65.4 Å². The van der Waals surface area contributed by atoms with Gasteiger partial charge in [-0.15, -0.1) is 0 Å². The molecule has 1 rings (SSSR count). The van der Waals surface area contributed by atoms with E-state index in [2.05, 4.69) is 6.92 Å². The topological polar surface area (TPSA) is 55.4 Å². The molecule has 0 saturated heterocycles. The average Bonchev–Trinajstić information content (AvgIpc) is 2.58. The van der Waals surface area contributed by atoms with Crippen LogP contribution in [0.5, 0.6) is 0 Å². The highest BCUT2D eigenvalue weighted by atomic mass is 16.7. The molecule has 0 aliphatic heterocycles. The van der Waals surface area contributed by atoms with E-state index in [-0.39, 0.29) is 12.6 Å². The molecule has 6 heteroatoms. The fraction of sp³-hybridized carbons (Fsp3) is 1.00. The molecule has 0 aromatic heterocycles. The van der Waals surface area contributed by atoms with Gasteiger partial charge in [-0.2, -0.15) is 0 Å². The summed E-state index contributed by atoms with van der Waals surface area (Å²) in [5.41, 5.74) is 0. The monoisotopic (exact) mass is 348 g/mol. The lowest BCUT2D eigenvalue weighted by molar-refractivity contribution is -0.174. The molecule has 2 unspecified atom stereocenters. The van der Waals surface area contributed by atoms with Crippen LogP contribution in [0, 0.1) is 5.92 Å². The molecule has 1 fully saturated rings. The first-order valence-corrected chi connectivity index (χ1v) is 9.18. The third-order valence-corrected chi connectivity index (χ3v) is 4.21. The molecule has 2 atom stereocenters. The quantitative estimate of drug-likeness (QED) is 0.355. The standard InChI is InChI=1S/C18H36O6/c1-15-5-7-18(8-6-15)24-17(3)23-14-12-21-10-9-20-11-13-22-16(2)19-4/h15-18H,5-14H2,1-4H3. The van der Waals surface area contributed by atoms with Crippen LogP contribution in [-0.2, 0) is 28.4 Å². The van der Waals surface area contributed by atoms with Crippen molar-refractivity contribution in [2.45, 2.75) is 65.1 Å². The summed E-state index contributed by atoms with van der Waals surface area (Å²) >= 11 is 0. The Hall–Kier alpha value is -0.240. The normalized spacial score (nSPS) is 24.0. The highest BCUT2D eigenvalue weighted by molar-refractivity contribution is 4.70. The van der Waals surface area contributed by atoms with Crippen LogP contribution >= 0.6 is 0 Å². The Labute approximate surface area is 147 Å². The Bertz CT molecular complexity index is 281. The van der Waals surface area contributed by atoms with Crippen LogP contribution in [0.15, 0.2) is 0 Å². The molecule has 6 nitrogen and oxygen atoms in total. The largest absolute Gasteiger partial charge is 0.377 e. The van der Waals surface area contributed by atoms with Gasteiger partial charge in [-0.3, -0.25) is 0 Å².